The maximum absolute atomic E-state index is 6.30. The molecule has 0 bridgehead atoms. The number of hydrogen-bond donors (Lipinski definition) is 0. The van der Waals surface area contributed by atoms with Crippen LogP contribution in [0, 0.1) is 12.1 Å². The van der Waals surface area contributed by atoms with Gasteiger partial charge in [-0.2, -0.15) is 29.2 Å². The molecule has 8 rings (SSSR count). The molecule has 43 heavy (non-hydrogen) atoms. The number of anilines is 6. The first-order valence-corrected chi connectivity index (χ1v) is 14.4. The average Bonchev–Trinajstić information content (AvgIpc) is 3.44. The predicted octanol–water partition coefficient (Wildman–Crippen LogP) is 10.0. The van der Waals surface area contributed by atoms with E-state index in [0.717, 1.165) is 50.2 Å². The summed E-state index contributed by atoms with van der Waals surface area (Å²) in [6.07, 6.45) is 0. The molecule has 7 aromatic rings. The number of thiophene rings is 1. The van der Waals surface area contributed by atoms with Crippen LogP contribution in [0.1, 0.15) is 0 Å². The van der Waals surface area contributed by atoms with E-state index in [1.54, 1.807) is 11.3 Å². The Kier molecular flexibility index (Phi) is 7.23. The van der Waals surface area contributed by atoms with Crippen LogP contribution in [0.25, 0.3) is 21.3 Å². The topological polar surface area (TPSA) is 41.5 Å². The van der Waals surface area contributed by atoms with Gasteiger partial charge in [0, 0.05) is 21.8 Å². The minimum absolute atomic E-state index is 0. The Balaban J connectivity index is 0.00000300. The van der Waals surface area contributed by atoms with E-state index >= 15 is 0 Å². The molecule has 0 saturated heterocycles. The Hall–Kier alpha value is -4.77. The van der Waals surface area contributed by atoms with Gasteiger partial charge in [0.15, 0.2) is 5.82 Å². The van der Waals surface area contributed by atoms with E-state index in [1.165, 1.54) is 4.70 Å². The van der Waals surface area contributed by atoms with Gasteiger partial charge < -0.3 is 9.64 Å². The van der Waals surface area contributed by atoms with Gasteiger partial charge in [0.05, 0.1) is 11.4 Å². The second kappa shape index (κ2) is 11.5. The summed E-state index contributed by atoms with van der Waals surface area (Å²) in [5, 5.41) is 2.28. The molecule has 0 amide bonds. The Morgan fingerprint density at radius 3 is 2.21 bits per heavy atom. The third-order valence-electron chi connectivity index (χ3n) is 7.13. The molecule has 4 heterocycles. The molecule has 0 atom stereocenters. The number of ether oxygens (including phenoxy) is 1. The van der Waals surface area contributed by atoms with Gasteiger partial charge in [0.1, 0.15) is 5.00 Å². The van der Waals surface area contributed by atoms with Crippen molar-refractivity contribution >= 4 is 55.0 Å². The fourth-order valence-electron chi connectivity index (χ4n) is 5.29. The molecule has 4 aromatic carbocycles. The first-order chi connectivity index (χ1) is 20.8. The normalized spacial score (nSPS) is 11.9. The number of fused-ring (bicyclic) bond motifs is 4. The zero-order valence-electron chi connectivity index (χ0n) is 22.6. The van der Waals surface area contributed by atoms with E-state index in [9.17, 15) is 0 Å². The molecule has 0 N–H and O–H groups in total. The first-order valence-electron chi connectivity index (χ1n) is 13.6. The summed E-state index contributed by atoms with van der Waals surface area (Å²) in [6, 6.07) is 51.1. The molecule has 0 saturated carbocycles. The van der Waals surface area contributed by atoms with E-state index in [4.69, 9.17) is 14.7 Å². The van der Waals surface area contributed by atoms with Crippen LogP contribution in [-0.4, -0.2) is 9.97 Å². The molecule has 0 fully saturated rings. The van der Waals surface area contributed by atoms with Gasteiger partial charge in [0.2, 0.25) is 11.8 Å². The molecule has 208 valence electrons. The van der Waals surface area contributed by atoms with E-state index in [2.05, 4.69) is 82.6 Å². The second-order valence-corrected chi connectivity index (χ2v) is 10.8. The van der Waals surface area contributed by atoms with E-state index in [1.807, 2.05) is 72.8 Å². The Labute approximate surface area is 267 Å². The van der Waals surface area contributed by atoms with E-state index in [-0.39, 0.29) is 21.1 Å². The summed E-state index contributed by atoms with van der Waals surface area (Å²) in [6.45, 7) is 0. The van der Waals surface area contributed by atoms with Crippen LogP contribution in [0.5, 0.6) is 11.8 Å². The van der Waals surface area contributed by atoms with E-state index < -0.39 is 0 Å². The average molecular weight is 754 g/mol. The Morgan fingerprint density at radius 2 is 1.40 bits per heavy atom. The molecule has 3 aromatic heterocycles. The summed E-state index contributed by atoms with van der Waals surface area (Å²) in [4.78, 5) is 14.3. The number of benzene rings is 4. The van der Waals surface area contributed by atoms with Crippen molar-refractivity contribution in [2.24, 2.45) is 0 Å². The molecule has 0 spiro atoms. The number of aromatic nitrogens is 2. The molecule has 7 heteroatoms. The fraction of sp³-hybridized carbons (Fsp3) is 0. The van der Waals surface area contributed by atoms with Gasteiger partial charge in [-0.25, -0.2) is 0 Å². The number of para-hydroxylation sites is 2. The van der Waals surface area contributed by atoms with Crippen LogP contribution in [0.15, 0.2) is 133 Å². The van der Waals surface area contributed by atoms with Gasteiger partial charge in [-0.1, -0.05) is 54.2 Å². The summed E-state index contributed by atoms with van der Waals surface area (Å²) in [5.74, 6) is 1.67. The van der Waals surface area contributed by atoms with Crippen LogP contribution in [0.3, 0.4) is 0 Å². The summed E-state index contributed by atoms with van der Waals surface area (Å²) >= 11 is 1.77. The molecule has 0 aliphatic carbocycles. The smallest absolute Gasteiger partial charge is 0.421 e. The molecular weight excluding hydrogens is 732 g/mol. The SMILES string of the molecule is [Pt+2].[c-]1ccccc1-c1cccc(Oc2ccc3c(n2)N(c2[c-]cccc2)c2c(sc4ccccc24)N3c2ccccc2)n1. The molecule has 5 nitrogen and oxygen atoms in total. The Bertz CT molecular complexity index is 2030. The van der Waals surface area contributed by atoms with Crippen molar-refractivity contribution in [1.82, 2.24) is 9.97 Å². The number of hydrogen-bond acceptors (Lipinski definition) is 6. The zero-order valence-corrected chi connectivity index (χ0v) is 25.7. The van der Waals surface area contributed by atoms with Crippen molar-refractivity contribution in [3.63, 3.8) is 0 Å². The van der Waals surface area contributed by atoms with Gasteiger partial charge >= 0.3 is 21.1 Å². The minimum atomic E-state index is 0. The zero-order chi connectivity index (χ0) is 27.9. The monoisotopic (exact) mass is 753 g/mol. The summed E-state index contributed by atoms with van der Waals surface area (Å²) in [7, 11) is 0. The van der Waals surface area contributed by atoms with Gasteiger partial charge in [-0.05, 0) is 36.0 Å². The molecular formula is C36H22N4OPtS. The minimum Gasteiger partial charge on any atom is -0.421 e. The van der Waals surface area contributed by atoms with Crippen molar-refractivity contribution in [2.75, 3.05) is 9.80 Å². The Morgan fingerprint density at radius 1 is 0.628 bits per heavy atom. The van der Waals surface area contributed by atoms with Crippen molar-refractivity contribution in [1.29, 1.82) is 0 Å². The van der Waals surface area contributed by atoms with Crippen molar-refractivity contribution in [2.45, 2.75) is 0 Å². The van der Waals surface area contributed by atoms with E-state index in [0.29, 0.717) is 11.8 Å². The fourth-order valence-corrected chi connectivity index (χ4v) is 6.52. The molecule has 0 unspecified atom stereocenters. The first kappa shape index (κ1) is 27.1. The summed E-state index contributed by atoms with van der Waals surface area (Å²) in [5.41, 5.74) is 5.68. The van der Waals surface area contributed by atoms with Gasteiger partial charge in [-0.3, -0.25) is 9.88 Å². The van der Waals surface area contributed by atoms with Crippen molar-refractivity contribution in [3.05, 3.63) is 146 Å². The molecule has 0 radical (unpaired) electrons. The van der Waals surface area contributed by atoms with Gasteiger partial charge in [0.25, 0.3) is 0 Å². The third-order valence-corrected chi connectivity index (χ3v) is 8.27. The van der Waals surface area contributed by atoms with Crippen LogP contribution < -0.4 is 14.5 Å². The number of pyridine rings is 2. The molecule has 1 aliphatic rings. The standard InChI is InChI=1S/C36H22N4OS.Pt/c1-4-13-25(14-5-1)29-20-12-22-32(37-29)41-33-24-23-30-35(38-33)40(27-17-8-3-9-18-27)34-28-19-10-11-21-31(28)42-36(34)39(30)26-15-6-2-7-16-26;/h1-13,15-17,19-24H;/q-2;+2. The largest absolute Gasteiger partial charge is 2.00 e. The number of nitrogens with zero attached hydrogens (tertiary/aromatic N) is 4. The maximum atomic E-state index is 6.30. The quantitative estimate of drug-likeness (QED) is 0.164. The van der Waals surface area contributed by atoms with Crippen molar-refractivity contribution < 1.29 is 25.8 Å². The van der Waals surface area contributed by atoms with Crippen LogP contribution in [-0.2, 0) is 21.1 Å². The van der Waals surface area contributed by atoms with Crippen LogP contribution in [0.2, 0.25) is 0 Å². The van der Waals surface area contributed by atoms with Crippen LogP contribution in [0.4, 0.5) is 33.6 Å². The maximum Gasteiger partial charge on any atom is 2.00 e. The second-order valence-electron chi connectivity index (χ2n) is 9.74. The number of rotatable bonds is 5. The summed E-state index contributed by atoms with van der Waals surface area (Å²) < 4.78 is 7.50. The third kappa shape index (κ3) is 4.89. The predicted molar refractivity (Wildman–Crippen MR) is 170 cm³/mol. The van der Waals surface area contributed by atoms with Crippen LogP contribution >= 0.6 is 11.3 Å². The van der Waals surface area contributed by atoms with Crippen molar-refractivity contribution in [3.8, 4) is 23.0 Å². The molecule has 1 aliphatic heterocycles. The van der Waals surface area contributed by atoms with Gasteiger partial charge in [-0.15, -0.1) is 53.3 Å².